The summed E-state index contributed by atoms with van der Waals surface area (Å²) in [6, 6.07) is 0. The van der Waals surface area contributed by atoms with Gasteiger partial charge in [-0.3, -0.25) is 37.3 Å². The number of rotatable bonds is 69. The van der Waals surface area contributed by atoms with E-state index in [4.69, 9.17) is 37.0 Å². The maximum Gasteiger partial charge on any atom is 0.472 e. The average Bonchev–Trinajstić information content (AvgIpc) is 0.973. The number of ether oxygens (including phenoxy) is 4. The molecule has 98 heavy (non-hydrogen) atoms. The van der Waals surface area contributed by atoms with Crippen LogP contribution >= 0.6 is 15.6 Å². The predicted molar refractivity (Wildman–Crippen MR) is 399 cm³/mol. The van der Waals surface area contributed by atoms with Crippen LogP contribution in [0, 0.1) is 0 Å². The van der Waals surface area contributed by atoms with Crippen molar-refractivity contribution < 1.29 is 80.2 Å². The number of hydrogen-bond donors (Lipinski definition) is 3. The number of aliphatic hydroxyl groups is 1. The molecule has 3 N–H and O–H groups in total. The van der Waals surface area contributed by atoms with Crippen molar-refractivity contribution in [2.75, 3.05) is 39.6 Å². The maximum absolute atomic E-state index is 13.1. The number of allylic oxidation sites excluding steroid dienone is 22. The van der Waals surface area contributed by atoms with E-state index in [0.717, 1.165) is 161 Å². The minimum atomic E-state index is -4.99. The molecule has 560 valence electrons. The van der Waals surface area contributed by atoms with E-state index in [1.54, 1.807) is 0 Å². The van der Waals surface area contributed by atoms with Gasteiger partial charge in [-0.05, 0) is 148 Å². The summed E-state index contributed by atoms with van der Waals surface area (Å²) in [7, 11) is -9.98. The van der Waals surface area contributed by atoms with Gasteiger partial charge in [0.2, 0.25) is 0 Å². The molecular weight excluding hydrogens is 1280 g/mol. The Morgan fingerprint density at radius 3 is 0.898 bits per heavy atom. The topological polar surface area (TPSA) is 237 Å². The van der Waals surface area contributed by atoms with Gasteiger partial charge in [-0.2, -0.15) is 0 Å². The molecule has 0 aromatic rings. The second-order valence-corrected chi connectivity index (χ2v) is 27.4. The van der Waals surface area contributed by atoms with Crippen molar-refractivity contribution in [2.45, 2.75) is 303 Å². The maximum atomic E-state index is 13.1. The molecule has 0 amide bonds. The highest BCUT2D eigenvalue weighted by Crippen LogP contribution is 2.45. The quantitative estimate of drug-likeness (QED) is 0.0169. The molecule has 0 saturated carbocycles. The zero-order valence-electron chi connectivity index (χ0n) is 60.9. The molecule has 0 heterocycles. The van der Waals surface area contributed by atoms with Gasteiger partial charge in [-0.15, -0.1) is 0 Å². The number of aliphatic hydroxyl groups excluding tert-OH is 1. The van der Waals surface area contributed by atoms with Crippen molar-refractivity contribution in [2.24, 2.45) is 0 Å². The molecule has 0 radical (unpaired) electrons. The van der Waals surface area contributed by atoms with Gasteiger partial charge >= 0.3 is 39.5 Å². The highest BCUT2D eigenvalue weighted by Gasteiger charge is 2.30. The molecule has 0 aromatic carbocycles. The lowest BCUT2D eigenvalue weighted by molar-refractivity contribution is -0.161. The van der Waals surface area contributed by atoms with Crippen LogP contribution in [0.3, 0.4) is 0 Å². The van der Waals surface area contributed by atoms with E-state index in [9.17, 15) is 43.2 Å². The summed E-state index contributed by atoms with van der Waals surface area (Å²) in [5.41, 5.74) is 0. The van der Waals surface area contributed by atoms with Crippen molar-refractivity contribution in [3.8, 4) is 0 Å². The number of phosphoric ester groups is 2. The van der Waals surface area contributed by atoms with Crippen molar-refractivity contribution in [3.05, 3.63) is 134 Å². The number of carbonyl (C=O) groups excluding carboxylic acids is 4. The Kier molecular flexibility index (Phi) is 67.2. The highest BCUT2D eigenvalue weighted by atomic mass is 31.2. The highest BCUT2D eigenvalue weighted by molar-refractivity contribution is 7.47. The summed E-state index contributed by atoms with van der Waals surface area (Å²) >= 11 is 0. The van der Waals surface area contributed by atoms with Crippen LogP contribution in [-0.2, 0) is 65.4 Å². The van der Waals surface area contributed by atoms with Crippen LogP contribution in [0.4, 0.5) is 0 Å². The molecule has 0 bridgehead atoms. The SMILES string of the molecule is CC/C=C\C/C=C\C/C=C\C/C=C\C/C=C\CCCC(=O)OCC(COP(=O)(O)OCC(O)COP(=O)(O)OCC(COC(=O)CCCCCC/C=C\C/C=C\C/C=C\C/C=C\CC)OC(=O)CCCCCCC/C=C\CCCC)OC(=O)CCCCCCC/C=C\CCCCCC. The molecule has 0 spiro atoms. The first-order chi connectivity index (χ1) is 47.7. The Balaban J connectivity index is 5.40. The number of unbranched alkanes of at least 4 members (excludes halogenated alkanes) is 21. The zero-order valence-corrected chi connectivity index (χ0v) is 62.7. The monoisotopic (exact) mass is 1410 g/mol. The van der Waals surface area contributed by atoms with Gasteiger partial charge in [-0.1, -0.05) is 245 Å². The Morgan fingerprint density at radius 2 is 0.551 bits per heavy atom. The first kappa shape index (κ1) is 93.2. The fourth-order valence-corrected chi connectivity index (χ4v) is 11.0. The van der Waals surface area contributed by atoms with Crippen molar-refractivity contribution in [1.29, 1.82) is 0 Å². The molecule has 19 heteroatoms. The molecular formula is C79H132O17P2. The third-order valence-electron chi connectivity index (χ3n) is 15.1. The largest absolute Gasteiger partial charge is 0.472 e. The van der Waals surface area contributed by atoms with Crippen LogP contribution in [0.1, 0.15) is 285 Å². The lowest BCUT2D eigenvalue weighted by Gasteiger charge is -2.21. The van der Waals surface area contributed by atoms with Gasteiger partial charge in [0.15, 0.2) is 12.2 Å². The molecule has 5 unspecified atom stereocenters. The normalized spacial score (nSPS) is 14.7. The van der Waals surface area contributed by atoms with Gasteiger partial charge in [0, 0.05) is 25.7 Å². The summed E-state index contributed by atoms with van der Waals surface area (Å²) in [5.74, 6) is -2.29. The summed E-state index contributed by atoms with van der Waals surface area (Å²) < 4.78 is 68.3. The van der Waals surface area contributed by atoms with Gasteiger partial charge in [0.1, 0.15) is 19.3 Å². The van der Waals surface area contributed by atoms with Crippen molar-refractivity contribution in [3.63, 3.8) is 0 Å². The Bertz CT molecular complexity index is 2380. The first-order valence-electron chi connectivity index (χ1n) is 37.4. The first-order valence-corrected chi connectivity index (χ1v) is 40.4. The molecule has 0 saturated heterocycles. The van der Waals surface area contributed by atoms with Crippen molar-refractivity contribution >= 4 is 39.5 Å². The van der Waals surface area contributed by atoms with E-state index < -0.39 is 97.5 Å². The zero-order chi connectivity index (χ0) is 71.8. The molecule has 0 fully saturated rings. The molecule has 0 aromatic heterocycles. The van der Waals surface area contributed by atoms with Gasteiger partial charge in [0.05, 0.1) is 26.4 Å². The Hall–Kier alpha value is -4.80. The van der Waals surface area contributed by atoms with Crippen LogP contribution in [-0.4, -0.2) is 96.7 Å². The second kappa shape index (κ2) is 70.6. The Labute approximate surface area is 593 Å². The summed E-state index contributed by atoms with van der Waals surface area (Å²) in [4.78, 5) is 72.7. The van der Waals surface area contributed by atoms with E-state index in [-0.39, 0.29) is 25.7 Å². The molecule has 0 aliphatic carbocycles. The van der Waals surface area contributed by atoms with Crippen LogP contribution in [0.15, 0.2) is 134 Å². The number of hydrogen-bond acceptors (Lipinski definition) is 15. The molecule has 5 atom stereocenters. The minimum absolute atomic E-state index is 0.0693. The molecule has 0 aliphatic heterocycles. The fraction of sp³-hybridized carbons (Fsp3) is 0.671. The third-order valence-corrected chi connectivity index (χ3v) is 17.0. The van der Waals surface area contributed by atoms with Gasteiger partial charge in [-0.25, -0.2) is 9.13 Å². The lowest BCUT2D eigenvalue weighted by atomic mass is 10.1. The fourth-order valence-electron chi connectivity index (χ4n) is 9.40. The lowest BCUT2D eigenvalue weighted by Crippen LogP contribution is -2.30. The molecule has 0 aliphatic rings. The van der Waals surface area contributed by atoms with Crippen LogP contribution < -0.4 is 0 Å². The van der Waals surface area contributed by atoms with Crippen LogP contribution in [0.5, 0.6) is 0 Å². The van der Waals surface area contributed by atoms with E-state index in [1.165, 1.54) is 38.5 Å². The smallest absolute Gasteiger partial charge is 0.462 e. The summed E-state index contributed by atoms with van der Waals surface area (Å²) in [6.45, 7) is 4.46. The van der Waals surface area contributed by atoms with Crippen molar-refractivity contribution in [1.82, 2.24) is 0 Å². The molecule has 17 nitrogen and oxygen atoms in total. The van der Waals surface area contributed by atoms with E-state index in [0.29, 0.717) is 32.1 Å². The van der Waals surface area contributed by atoms with Crippen LogP contribution in [0.25, 0.3) is 0 Å². The van der Waals surface area contributed by atoms with Gasteiger partial charge in [0.25, 0.3) is 0 Å². The number of esters is 4. The van der Waals surface area contributed by atoms with Gasteiger partial charge < -0.3 is 33.8 Å². The van der Waals surface area contributed by atoms with E-state index >= 15 is 0 Å². The third kappa shape index (κ3) is 69.7. The van der Waals surface area contributed by atoms with Crippen LogP contribution in [0.2, 0.25) is 0 Å². The number of phosphoric acid groups is 2. The van der Waals surface area contributed by atoms with E-state index in [2.05, 4.69) is 149 Å². The van der Waals surface area contributed by atoms with E-state index in [1.807, 2.05) is 12.2 Å². The predicted octanol–water partition coefficient (Wildman–Crippen LogP) is 21.3. The summed E-state index contributed by atoms with van der Waals surface area (Å²) in [5, 5.41) is 10.6. The molecule has 0 rings (SSSR count). The number of carbonyl (C=O) groups is 4. The second-order valence-electron chi connectivity index (χ2n) is 24.5. The standard InChI is InChI=1S/C79H132O17P2/c1-5-9-13-17-21-25-29-32-34-36-38-41-44-47-51-55-59-63-76(81)89-69-74(95-78(83)65-61-57-53-49-43-28-24-20-16-12-8-4)71-93-97(85,86)91-67-73(80)68-92-98(87,88)94-72-75(96-79(84)66-62-58-54-50-46-40-31-27-23-19-15-11-7-3)70-90-77(82)64-60-56-52-48-45-42-39-37-35-33-30-26-22-18-14-10-6-2/h9-10,13-14,20-22,24-27,31-35,38-39,41-42,48,52,73-75,80H,5-8,11-12,15-19,23,28-30,36-37,40,43-47,49-51,53-72H2,1-4H3,(H,85,86)(H,87,88)/b13-9-,14-10-,24-20-,25-21-,26-22-,31-27-,34-32-,35-33-,41-38-,42-39-,52-48-. The average molecular weight is 1420 g/mol. The summed E-state index contributed by atoms with van der Waals surface area (Å²) in [6.07, 6.45) is 77.5. The minimum Gasteiger partial charge on any atom is -0.462 e. The Morgan fingerprint density at radius 1 is 0.296 bits per heavy atom.